The summed E-state index contributed by atoms with van der Waals surface area (Å²) in [6, 6.07) is 7.78. The van der Waals surface area contributed by atoms with E-state index in [1.807, 2.05) is 32.9 Å². The van der Waals surface area contributed by atoms with Crippen molar-refractivity contribution in [2.75, 3.05) is 4.90 Å². The van der Waals surface area contributed by atoms with Gasteiger partial charge in [-0.3, -0.25) is 9.88 Å². The van der Waals surface area contributed by atoms with Crippen LogP contribution >= 0.6 is 12.4 Å². The quantitative estimate of drug-likeness (QED) is 0.430. The first kappa shape index (κ1) is 24.4. The number of aromatic nitrogens is 2. The fraction of sp³-hybridized carbons (Fsp3) is 0.333. The van der Waals surface area contributed by atoms with Crippen LogP contribution in [0.25, 0.3) is 10.9 Å². The minimum Gasteiger partial charge on any atom is -0.443 e. The third-order valence-electron chi connectivity index (χ3n) is 4.99. The Bertz CT molecular complexity index is 1080. The molecule has 0 spiro atoms. The van der Waals surface area contributed by atoms with E-state index in [4.69, 9.17) is 4.74 Å². The van der Waals surface area contributed by atoms with Crippen molar-refractivity contribution in [3.8, 4) is 0 Å². The Morgan fingerprint density at radius 1 is 1.23 bits per heavy atom. The van der Waals surface area contributed by atoms with E-state index in [1.165, 1.54) is 22.6 Å². The Morgan fingerprint density at radius 3 is 2.45 bits per heavy atom. The number of amides is 1. The molecule has 0 aliphatic carbocycles. The Balaban J connectivity index is 0.00000341. The van der Waals surface area contributed by atoms with Crippen LogP contribution in [-0.2, 0) is 17.8 Å². The molecule has 3 aromatic rings. The highest BCUT2D eigenvalue weighted by Gasteiger charge is 2.26. The van der Waals surface area contributed by atoms with Gasteiger partial charge in [0.15, 0.2) is 0 Å². The van der Waals surface area contributed by atoms with Crippen LogP contribution in [0.5, 0.6) is 0 Å². The molecule has 1 aromatic carbocycles. The van der Waals surface area contributed by atoms with Crippen molar-refractivity contribution in [1.82, 2.24) is 9.55 Å². The van der Waals surface area contributed by atoms with Gasteiger partial charge in [0.25, 0.3) is 0 Å². The van der Waals surface area contributed by atoms with E-state index in [0.717, 1.165) is 22.3 Å². The molecule has 0 fully saturated rings. The van der Waals surface area contributed by atoms with Gasteiger partial charge in [-0.15, -0.1) is 19.0 Å². The number of carbonyl (C=O) groups excluding carboxylic acids is 1. The fourth-order valence-electron chi connectivity index (χ4n) is 3.49. The van der Waals surface area contributed by atoms with E-state index in [-0.39, 0.29) is 24.8 Å². The summed E-state index contributed by atoms with van der Waals surface area (Å²) in [6.07, 6.45) is 3.08. The number of ether oxygens (including phenoxy) is 1. The van der Waals surface area contributed by atoms with Gasteiger partial charge >= 0.3 is 6.09 Å². The number of benzene rings is 1. The van der Waals surface area contributed by atoms with Gasteiger partial charge in [0.2, 0.25) is 0 Å². The molecule has 0 saturated carbocycles. The number of anilines is 1. The number of aryl methyl sites for hydroxylation is 1. The first-order valence-corrected chi connectivity index (χ1v) is 9.92. The molecular formula is C24H29ClFN3O2. The average molecular weight is 446 g/mol. The van der Waals surface area contributed by atoms with E-state index >= 15 is 0 Å². The smallest absolute Gasteiger partial charge is 0.415 e. The van der Waals surface area contributed by atoms with Crippen molar-refractivity contribution >= 4 is 35.1 Å². The normalized spacial score (nSPS) is 11.2. The average Bonchev–Trinajstić information content (AvgIpc) is 2.91. The van der Waals surface area contributed by atoms with E-state index in [0.29, 0.717) is 12.2 Å². The van der Waals surface area contributed by atoms with Gasteiger partial charge in [0, 0.05) is 29.5 Å². The summed E-state index contributed by atoms with van der Waals surface area (Å²) in [5.74, 6) is -0.366. The molecule has 3 rings (SSSR count). The Hall–Kier alpha value is -2.86. The van der Waals surface area contributed by atoms with Gasteiger partial charge < -0.3 is 9.30 Å². The van der Waals surface area contributed by atoms with Crippen LogP contribution in [0.1, 0.15) is 37.7 Å². The second-order valence-electron chi connectivity index (χ2n) is 8.31. The van der Waals surface area contributed by atoms with Gasteiger partial charge in [0.05, 0.1) is 17.8 Å². The topological polar surface area (TPSA) is 47.4 Å². The van der Waals surface area contributed by atoms with E-state index in [1.54, 1.807) is 18.3 Å². The molecule has 0 bridgehead atoms. The number of pyridine rings is 1. The second-order valence-corrected chi connectivity index (χ2v) is 8.31. The summed E-state index contributed by atoms with van der Waals surface area (Å²) < 4.78 is 21.3. The van der Waals surface area contributed by atoms with Gasteiger partial charge in [-0.2, -0.15) is 0 Å². The maximum absolute atomic E-state index is 13.5. The number of hydrogen-bond donors (Lipinski definition) is 0. The lowest BCUT2D eigenvalue weighted by Crippen LogP contribution is -2.36. The zero-order valence-corrected chi connectivity index (χ0v) is 19.4. The summed E-state index contributed by atoms with van der Waals surface area (Å²) in [5, 5.41) is 1.09. The molecule has 0 saturated heterocycles. The van der Waals surface area contributed by atoms with Gasteiger partial charge in [0.1, 0.15) is 11.4 Å². The molecule has 166 valence electrons. The molecule has 31 heavy (non-hydrogen) atoms. The number of hydrogen-bond acceptors (Lipinski definition) is 3. The lowest BCUT2D eigenvalue weighted by molar-refractivity contribution is 0.0577. The molecule has 5 nitrogen and oxygen atoms in total. The Labute approximate surface area is 188 Å². The molecule has 0 N–H and O–H groups in total. The zero-order chi connectivity index (χ0) is 22.1. The molecule has 2 heterocycles. The van der Waals surface area contributed by atoms with Crippen LogP contribution in [0.3, 0.4) is 0 Å². The number of allylic oxidation sites excluding steroid dienone is 1. The highest BCUT2D eigenvalue weighted by Crippen LogP contribution is 2.29. The Morgan fingerprint density at radius 2 is 1.87 bits per heavy atom. The molecule has 0 unspecified atom stereocenters. The lowest BCUT2D eigenvalue weighted by Gasteiger charge is -2.27. The minimum absolute atomic E-state index is 0. The number of carbonyl (C=O) groups is 1. The summed E-state index contributed by atoms with van der Waals surface area (Å²) in [5.41, 5.74) is 3.87. The highest BCUT2D eigenvalue weighted by molar-refractivity contribution is 5.91. The van der Waals surface area contributed by atoms with Crippen molar-refractivity contribution in [1.29, 1.82) is 0 Å². The lowest BCUT2D eigenvalue weighted by atomic mass is 10.1. The van der Waals surface area contributed by atoms with Gasteiger partial charge in [-0.1, -0.05) is 6.08 Å². The van der Waals surface area contributed by atoms with E-state index in [2.05, 4.69) is 30.0 Å². The monoisotopic (exact) mass is 445 g/mol. The fourth-order valence-corrected chi connectivity index (χ4v) is 3.49. The van der Waals surface area contributed by atoms with Crippen LogP contribution in [0, 0.1) is 19.7 Å². The van der Waals surface area contributed by atoms with Crippen LogP contribution in [-0.4, -0.2) is 21.2 Å². The molecule has 2 aromatic heterocycles. The molecule has 0 radical (unpaired) electrons. The number of halogens is 2. The maximum atomic E-state index is 13.5. The number of rotatable bonds is 5. The van der Waals surface area contributed by atoms with Crippen molar-refractivity contribution in [3.63, 3.8) is 0 Å². The first-order chi connectivity index (χ1) is 14.1. The number of nitrogens with zero attached hydrogens (tertiary/aromatic N) is 3. The summed E-state index contributed by atoms with van der Waals surface area (Å²) in [7, 11) is 0. The maximum Gasteiger partial charge on any atom is 0.415 e. The summed E-state index contributed by atoms with van der Waals surface area (Å²) in [4.78, 5) is 19.1. The van der Waals surface area contributed by atoms with Crippen LogP contribution < -0.4 is 4.90 Å². The zero-order valence-electron chi connectivity index (χ0n) is 18.6. The summed E-state index contributed by atoms with van der Waals surface area (Å²) >= 11 is 0. The molecule has 0 atom stereocenters. The van der Waals surface area contributed by atoms with Crippen molar-refractivity contribution < 1.29 is 13.9 Å². The standard InChI is InChI=1S/C24H28FN3O2.ClH/c1-7-14-27-17(3)16(2)20-12-13-26-21(22(20)27)15-28(23(29)30-24(4,5)6)19-10-8-18(25)9-11-19;/h7-13H,1,14-15H2,2-6H3;1H. The van der Waals surface area contributed by atoms with Crippen LogP contribution in [0.4, 0.5) is 14.9 Å². The molecule has 1 amide bonds. The third kappa shape index (κ3) is 5.25. The first-order valence-electron chi connectivity index (χ1n) is 9.92. The molecule has 0 aliphatic heterocycles. The molecule has 7 heteroatoms. The van der Waals surface area contributed by atoms with Crippen molar-refractivity contribution in [2.45, 2.75) is 53.3 Å². The third-order valence-corrected chi connectivity index (χ3v) is 4.99. The van der Waals surface area contributed by atoms with Crippen LogP contribution in [0.15, 0.2) is 49.2 Å². The second kappa shape index (κ2) is 9.52. The summed E-state index contributed by atoms with van der Waals surface area (Å²) in [6.45, 7) is 14.3. The predicted octanol–water partition coefficient (Wildman–Crippen LogP) is 6.34. The van der Waals surface area contributed by atoms with E-state index in [9.17, 15) is 9.18 Å². The SMILES string of the molecule is C=CCn1c(C)c(C)c2ccnc(CN(C(=O)OC(C)(C)C)c3ccc(F)cc3)c21.Cl. The van der Waals surface area contributed by atoms with Gasteiger partial charge in [-0.25, -0.2) is 9.18 Å². The minimum atomic E-state index is -0.662. The van der Waals surface area contributed by atoms with Gasteiger partial charge in [-0.05, 0) is 70.5 Å². The largest absolute Gasteiger partial charge is 0.443 e. The molecule has 0 aliphatic rings. The molecular weight excluding hydrogens is 417 g/mol. The van der Waals surface area contributed by atoms with Crippen LogP contribution in [0.2, 0.25) is 0 Å². The van der Waals surface area contributed by atoms with Crippen molar-refractivity contribution in [2.24, 2.45) is 0 Å². The highest BCUT2D eigenvalue weighted by atomic mass is 35.5. The predicted molar refractivity (Wildman–Crippen MR) is 125 cm³/mol. The van der Waals surface area contributed by atoms with E-state index < -0.39 is 11.7 Å². The van der Waals surface area contributed by atoms with Crippen molar-refractivity contribution in [3.05, 3.63) is 72.0 Å². The Kier molecular flexibility index (Phi) is 7.49. The number of fused-ring (bicyclic) bond motifs is 1.